The summed E-state index contributed by atoms with van der Waals surface area (Å²) < 4.78 is 77.8. The minimum atomic E-state index is -3.16. The zero-order valence-corrected chi connectivity index (χ0v) is 17.0. The Kier molecular flexibility index (Phi) is 3.07. The Bertz CT molecular complexity index is 1690. The molecule has 5 aromatic rings. The fourth-order valence-corrected chi connectivity index (χ4v) is 3.96. The molecule has 0 aliphatic rings. The van der Waals surface area contributed by atoms with Gasteiger partial charge in [0.2, 0.25) is 11.4 Å². The molecule has 2 aromatic carbocycles. The Morgan fingerprint density at radius 3 is 2.68 bits per heavy atom. The van der Waals surface area contributed by atoms with Gasteiger partial charge in [-0.15, -0.1) is 0 Å². The summed E-state index contributed by atoms with van der Waals surface area (Å²) in [4.78, 5) is 4.25. The van der Waals surface area contributed by atoms with Gasteiger partial charge >= 0.3 is 0 Å². The summed E-state index contributed by atoms with van der Waals surface area (Å²) in [7, 11) is 1.86. The summed E-state index contributed by atoms with van der Waals surface area (Å²) >= 11 is 0. The summed E-state index contributed by atoms with van der Waals surface area (Å²) in [6.07, 6.45) is 1.83. The van der Waals surface area contributed by atoms with Crippen LogP contribution in [-0.2, 0) is 7.05 Å². The second-order valence-electron chi connectivity index (χ2n) is 7.55. The molecule has 0 amide bonds. The Labute approximate surface area is 190 Å². The lowest BCUT2D eigenvalue weighted by molar-refractivity contribution is -0.660. The number of fused-ring (bicyclic) bond motifs is 3. The summed E-state index contributed by atoms with van der Waals surface area (Å²) in [6.45, 7) is -4.41. The van der Waals surface area contributed by atoms with E-state index in [9.17, 15) is 4.39 Å². The number of benzene rings is 2. The van der Waals surface area contributed by atoms with Crippen LogP contribution in [0, 0.1) is 12.7 Å². The largest absolute Gasteiger partial charge is 0.437 e. The topological polar surface area (TPSA) is 29.9 Å². The molecule has 0 spiro atoms. The van der Waals surface area contributed by atoms with Crippen LogP contribution in [0.25, 0.3) is 44.5 Å². The SMILES string of the molecule is [2H]C([2H])([2H])C([2H])(c1ccc2c(n1)oc1c(-c3cc(-c4ccccc4F)cc[n+]3C)c(C)ccc12)C([2H])([2H])[2H]. The smallest absolute Gasteiger partial charge is 0.227 e. The first-order valence-electron chi connectivity index (χ1n) is 13.3. The van der Waals surface area contributed by atoms with Crippen LogP contribution in [-0.4, -0.2) is 4.98 Å². The normalized spacial score (nSPS) is 16.2. The molecule has 0 saturated heterocycles. The molecular weight excluding hydrogens is 387 g/mol. The minimum Gasteiger partial charge on any atom is -0.437 e. The van der Waals surface area contributed by atoms with Gasteiger partial charge < -0.3 is 4.42 Å². The molecule has 0 bridgehead atoms. The minimum absolute atomic E-state index is 0.0300. The highest BCUT2D eigenvalue weighted by molar-refractivity contribution is 6.08. The van der Waals surface area contributed by atoms with Crippen molar-refractivity contribution < 1.29 is 23.0 Å². The lowest BCUT2D eigenvalue weighted by Crippen LogP contribution is -2.30. The van der Waals surface area contributed by atoms with Crippen LogP contribution in [0.15, 0.2) is 71.3 Å². The van der Waals surface area contributed by atoms with Crippen molar-refractivity contribution in [2.24, 2.45) is 7.05 Å². The first-order chi connectivity index (χ1) is 17.7. The van der Waals surface area contributed by atoms with Gasteiger partial charge in [0.15, 0.2) is 11.8 Å². The third-order valence-corrected chi connectivity index (χ3v) is 5.56. The highest BCUT2D eigenvalue weighted by atomic mass is 19.1. The maximum absolute atomic E-state index is 14.6. The van der Waals surface area contributed by atoms with Gasteiger partial charge in [-0.3, -0.25) is 0 Å². The Morgan fingerprint density at radius 2 is 1.87 bits per heavy atom. The van der Waals surface area contributed by atoms with Crippen molar-refractivity contribution >= 4 is 22.1 Å². The van der Waals surface area contributed by atoms with Crippen molar-refractivity contribution in [2.75, 3.05) is 0 Å². The fraction of sp³-hybridized carbons (Fsp3) is 0.185. The number of nitrogens with zero attached hydrogens (tertiary/aromatic N) is 2. The number of hydrogen-bond acceptors (Lipinski definition) is 2. The van der Waals surface area contributed by atoms with Gasteiger partial charge in [0, 0.05) is 43.8 Å². The van der Waals surface area contributed by atoms with Crippen molar-refractivity contribution in [1.29, 1.82) is 0 Å². The van der Waals surface area contributed by atoms with E-state index in [0.717, 1.165) is 16.8 Å². The van der Waals surface area contributed by atoms with E-state index in [-0.39, 0.29) is 11.5 Å². The van der Waals surface area contributed by atoms with Gasteiger partial charge in [-0.25, -0.2) is 13.9 Å². The average molecular weight is 419 g/mol. The lowest BCUT2D eigenvalue weighted by atomic mass is 9.98. The first kappa shape index (κ1) is 13.0. The summed E-state index contributed by atoms with van der Waals surface area (Å²) in [6, 6.07) is 16.8. The Balaban J connectivity index is 1.76. The van der Waals surface area contributed by atoms with E-state index < -0.39 is 25.3 Å². The Morgan fingerprint density at radius 1 is 1.06 bits per heavy atom. The monoisotopic (exact) mass is 418 g/mol. The van der Waals surface area contributed by atoms with E-state index in [4.69, 9.17) is 14.0 Å². The molecule has 154 valence electrons. The van der Waals surface area contributed by atoms with E-state index >= 15 is 0 Å². The number of hydrogen-bond donors (Lipinski definition) is 0. The predicted octanol–water partition coefficient (Wildman–Crippen LogP) is 6.71. The standard InChI is InChI=1S/C27H24FN2O/c1-16(2)23-12-11-21-20-10-9-17(3)25(26(20)31-27(21)29-23)24-15-18(13-14-30(24)4)19-7-5-6-8-22(19)28/h5-16H,1-4H3/q+1/i1D3,2D3,16D. The quantitative estimate of drug-likeness (QED) is 0.305. The van der Waals surface area contributed by atoms with Crippen LogP contribution in [0.2, 0.25) is 0 Å². The van der Waals surface area contributed by atoms with Crippen LogP contribution >= 0.6 is 0 Å². The molecule has 0 radical (unpaired) electrons. The summed E-state index contributed by atoms with van der Waals surface area (Å²) in [5.41, 5.74) is 3.55. The van der Waals surface area contributed by atoms with Crippen molar-refractivity contribution in [3.05, 3.63) is 83.9 Å². The molecule has 3 nitrogen and oxygen atoms in total. The molecule has 0 fully saturated rings. The fourth-order valence-electron chi connectivity index (χ4n) is 3.96. The second kappa shape index (κ2) is 7.31. The van der Waals surface area contributed by atoms with Crippen molar-refractivity contribution in [3.63, 3.8) is 0 Å². The summed E-state index contributed by atoms with van der Waals surface area (Å²) in [5, 5.41) is 1.24. The first-order valence-corrected chi connectivity index (χ1v) is 9.82. The number of furan rings is 1. The van der Waals surface area contributed by atoms with Crippen LogP contribution in [0.4, 0.5) is 4.39 Å². The molecule has 3 heterocycles. The van der Waals surface area contributed by atoms with Crippen LogP contribution in [0.3, 0.4) is 0 Å². The maximum Gasteiger partial charge on any atom is 0.227 e. The van der Waals surface area contributed by atoms with Gasteiger partial charge in [0.25, 0.3) is 0 Å². The molecule has 0 aliphatic heterocycles. The molecule has 4 heteroatoms. The molecule has 5 rings (SSSR count). The van der Waals surface area contributed by atoms with E-state index in [1.165, 1.54) is 12.1 Å². The highest BCUT2D eigenvalue weighted by Crippen LogP contribution is 2.37. The number of rotatable bonds is 3. The van der Waals surface area contributed by atoms with Gasteiger partial charge in [0.05, 0.1) is 5.56 Å². The number of aryl methyl sites for hydroxylation is 2. The molecule has 0 unspecified atom stereocenters. The molecule has 0 saturated carbocycles. The van der Waals surface area contributed by atoms with Crippen LogP contribution < -0.4 is 4.57 Å². The van der Waals surface area contributed by atoms with Gasteiger partial charge in [-0.1, -0.05) is 44.0 Å². The van der Waals surface area contributed by atoms with Crippen LogP contribution in [0.5, 0.6) is 0 Å². The third kappa shape index (κ3) is 3.19. The number of pyridine rings is 2. The average Bonchev–Trinajstić information content (AvgIpc) is 3.21. The molecule has 31 heavy (non-hydrogen) atoms. The van der Waals surface area contributed by atoms with Crippen molar-refractivity contribution in [2.45, 2.75) is 26.5 Å². The molecule has 0 atom stereocenters. The number of halogens is 1. The third-order valence-electron chi connectivity index (χ3n) is 5.56. The lowest BCUT2D eigenvalue weighted by Gasteiger charge is -2.08. The van der Waals surface area contributed by atoms with Crippen LogP contribution in [0.1, 0.15) is 40.5 Å². The van der Waals surface area contributed by atoms with E-state index in [0.29, 0.717) is 27.5 Å². The second-order valence-corrected chi connectivity index (χ2v) is 7.55. The molecule has 0 N–H and O–H groups in total. The molecule has 3 aromatic heterocycles. The zero-order chi connectivity index (χ0) is 27.6. The van der Waals surface area contributed by atoms with E-state index in [1.54, 1.807) is 24.3 Å². The van der Waals surface area contributed by atoms with E-state index in [2.05, 4.69) is 4.98 Å². The van der Waals surface area contributed by atoms with Crippen molar-refractivity contribution in [3.8, 4) is 22.4 Å². The van der Waals surface area contributed by atoms with Gasteiger partial charge in [0.1, 0.15) is 12.9 Å². The Hall–Kier alpha value is -3.53. The molecular formula is C27H24FN2O+. The van der Waals surface area contributed by atoms with Crippen molar-refractivity contribution in [1.82, 2.24) is 4.98 Å². The zero-order valence-electron chi connectivity index (χ0n) is 24.0. The highest BCUT2D eigenvalue weighted by Gasteiger charge is 2.22. The number of aromatic nitrogens is 2. The molecule has 0 aliphatic carbocycles. The summed E-state index contributed by atoms with van der Waals surface area (Å²) in [5.74, 6) is -3.28. The predicted molar refractivity (Wildman–Crippen MR) is 122 cm³/mol. The van der Waals surface area contributed by atoms with E-state index in [1.807, 2.05) is 49.0 Å². The maximum atomic E-state index is 14.6. The van der Waals surface area contributed by atoms with Gasteiger partial charge in [-0.05, 0) is 42.1 Å². The van der Waals surface area contributed by atoms with Gasteiger partial charge in [-0.2, -0.15) is 0 Å².